The third-order valence-electron chi connectivity index (χ3n) is 2.55. The standard InChI is InChI=1S/C11H17N3O2/c1-11(2,3)14-5-4-13-9(10(14)15)16-8-6-12-7-8/h4-5,8,12H,6-7H2,1-3H3. The van der Waals surface area contributed by atoms with Crippen LogP contribution in [0, 0.1) is 0 Å². The fourth-order valence-corrected chi connectivity index (χ4v) is 1.51. The molecule has 0 bridgehead atoms. The first-order valence-electron chi connectivity index (χ1n) is 5.44. The van der Waals surface area contributed by atoms with E-state index >= 15 is 0 Å². The Hall–Kier alpha value is -1.36. The fourth-order valence-electron chi connectivity index (χ4n) is 1.51. The lowest BCUT2D eigenvalue weighted by atomic mass is 10.1. The van der Waals surface area contributed by atoms with E-state index in [4.69, 9.17) is 4.74 Å². The van der Waals surface area contributed by atoms with Gasteiger partial charge in [0.15, 0.2) is 0 Å². The van der Waals surface area contributed by atoms with Gasteiger partial charge in [-0.15, -0.1) is 0 Å². The molecule has 0 unspecified atom stereocenters. The van der Waals surface area contributed by atoms with Crippen LogP contribution in [0.25, 0.3) is 0 Å². The van der Waals surface area contributed by atoms with Gasteiger partial charge in [-0.2, -0.15) is 0 Å². The first kappa shape index (κ1) is 11.1. The predicted octanol–water partition coefficient (Wildman–Crippen LogP) is 0.349. The Morgan fingerprint density at radius 2 is 2.19 bits per heavy atom. The van der Waals surface area contributed by atoms with Crippen molar-refractivity contribution < 1.29 is 4.74 Å². The van der Waals surface area contributed by atoms with Crippen molar-refractivity contribution in [2.45, 2.75) is 32.4 Å². The maximum Gasteiger partial charge on any atom is 0.313 e. The Balaban J connectivity index is 2.29. The molecule has 0 amide bonds. The Bertz CT molecular complexity index is 430. The smallest absolute Gasteiger partial charge is 0.313 e. The zero-order valence-electron chi connectivity index (χ0n) is 9.86. The summed E-state index contributed by atoms with van der Waals surface area (Å²) in [6.45, 7) is 7.49. The molecule has 1 fully saturated rings. The lowest BCUT2D eigenvalue weighted by Gasteiger charge is -2.28. The van der Waals surface area contributed by atoms with Crippen LogP contribution >= 0.6 is 0 Å². The average molecular weight is 223 g/mol. The molecule has 0 aliphatic carbocycles. The topological polar surface area (TPSA) is 56.1 Å². The molecule has 88 valence electrons. The highest BCUT2D eigenvalue weighted by atomic mass is 16.5. The molecule has 16 heavy (non-hydrogen) atoms. The van der Waals surface area contributed by atoms with Gasteiger partial charge < -0.3 is 14.6 Å². The maximum atomic E-state index is 12.0. The number of aromatic nitrogens is 2. The second kappa shape index (κ2) is 3.90. The zero-order chi connectivity index (χ0) is 11.8. The summed E-state index contributed by atoms with van der Waals surface area (Å²) in [5.74, 6) is 0.198. The summed E-state index contributed by atoms with van der Waals surface area (Å²) in [5, 5.41) is 3.08. The van der Waals surface area contributed by atoms with Crippen LogP contribution in [0.5, 0.6) is 5.88 Å². The summed E-state index contributed by atoms with van der Waals surface area (Å²) in [6.07, 6.45) is 3.37. The molecule has 1 aromatic heterocycles. The second-order valence-corrected chi connectivity index (χ2v) is 4.98. The summed E-state index contributed by atoms with van der Waals surface area (Å²) < 4.78 is 7.15. The van der Waals surface area contributed by atoms with Crippen LogP contribution in [-0.4, -0.2) is 28.7 Å². The van der Waals surface area contributed by atoms with Crippen molar-refractivity contribution in [2.75, 3.05) is 13.1 Å². The number of nitrogens with zero attached hydrogens (tertiary/aromatic N) is 2. The van der Waals surface area contributed by atoms with Gasteiger partial charge in [-0.3, -0.25) is 4.79 Å². The number of hydrogen-bond acceptors (Lipinski definition) is 4. The number of rotatable bonds is 2. The first-order chi connectivity index (χ1) is 7.48. The molecule has 0 saturated carbocycles. The van der Waals surface area contributed by atoms with Gasteiger partial charge in [0.1, 0.15) is 6.10 Å². The Morgan fingerprint density at radius 3 is 2.69 bits per heavy atom. The van der Waals surface area contributed by atoms with Crippen molar-refractivity contribution >= 4 is 0 Å². The van der Waals surface area contributed by atoms with Gasteiger partial charge in [0.2, 0.25) is 0 Å². The predicted molar refractivity (Wildman–Crippen MR) is 60.8 cm³/mol. The highest BCUT2D eigenvalue weighted by Crippen LogP contribution is 2.12. The molecule has 0 atom stereocenters. The number of hydrogen-bond donors (Lipinski definition) is 1. The lowest BCUT2D eigenvalue weighted by Crippen LogP contribution is -2.51. The second-order valence-electron chi connectivity index (χ2n) is 4.98. The van der Waals surface area contributed by atoms with E-state index < -0.39 is 0 Å². The van der Waals surface area contributed by atoms with Crippen LogP contribution in [0.15, 0.2) is 17.2 Å². The summed E-state index contributed by atoms with van der Waals surface area (Å²) >= 11 is 0. The first-order valence-corrected chi connectivity index (χ1v) is 5.44. The molecule has 1 saturated heterocycles. The normalized spacial score (nSPS) is 16.9. The molecule has 1 aliphatic heterocycles. The van der Waals surface area contributed by atoms with Crippen LogP contribution < -0.4 is 15.6 Å². The van der Waals surface area contributed by atoms with Gasteiger partial charge in [0, 0.05) is 31.0 Å². The summed E-state index contributed by atoms with van der Waals surface area (Å²) in [7, 11) is 0. The Labute approximate surface area is 94.5 Å². The maximum absolute atomic E-state index is 12.0. The van der Waals surface area contributed by atoms with Gasteiger partial charge in [-0.05, 0) is 20.8 Å². The van der Waals surface area contributed by atoms with E-state index in [-0.39, 0.29) is 23.1 Å². The van der Waals surface area contributed by atoms with E-state index in [1.165, 1.54) is 0 Å². The summed E-state index contributed by atoms with van der Waals surface area (Å²) in [4.78, 5) is 16.0. The van der Waals surface area contributed by atoms with E-state index in [1.807, 2.05) is 20.8 Å². The minimum atomic E-state index is -0.254. The van der Waals surface area contributed by atoms with Crippen molar-refractivity contribution in [1.29, 1.82) is 0 Å². The van der Waals surface area contributed by atoms with Crippen molar-refractivity contribution in [3.63, 3.8) is 0 Å². The monoisotopic (exact) mass is 223 g/mol. The molecule has 0 aromatic carbocycles. The molecule has 1 aliphatic rings. The third-order valence-corrected chi connectivity index (χ3v) is 2.55. The summed E-state index contributed by atoms with van der Waals surface area (Å²) in [6, 6.07) is 0. The molecular weight excluding hydrogens is 206 g/mol. The largest absolute Gasteiger partial charge is 0.468 e. The van der Waals surface area contributed by atoms with Crippen LogP contribution in [0.2, 0.25) is 0 Å². The summed E-state index contributed by atoms with van der Waals surface area (Å²) in [5.41, 5.74) is -0.419. The molecular formula is C11H17N3O2. The minimum Gasteiger partial charge on any atom is -0.468 e. The van der Waals surface area contributed by atoms with Gasteiger partial charge in [0.25, 0.3) is 5.88 Å². The highest BCUT2D eigenvalue weighted by Gasteiger charge is 2.22. The Kier molecular flexibility index (Phi) is 2.71. The van der Waals surface area contributed by atoms with E-state index in [9.17, 15) is 4.79 Å². The highest BCUT2D eigenvalue weighted by molar-refractivity contribution is 5.07. The fraction of sp³-hybridized carbons (Fsp3) is 0.636. The van der Waals surface area contributed by atoms with Crippen LogP contribution in [0.4, 0.5) is 0 Å². The van der Waals surface area contributed by atoms with E-state index in [0.29, 0.717) is 0 Å². The molecule has 2 heterocycles. The SMILES string of the molecule is CC(C)(C)n1ccnc(OC2CNC2)c1=O. The molecule has 0 radical (unpaired) electrons. The van der Waals surface area contributed by atoms with E-state index in [1.54, 1.807) is 17.0 Å². The van der Waals surface area contributed by atoms with Crippen molar-refractivity contribution in [2.24, 2.45) is 0 Å². The number of ether oxygens (including phenoxy) is 1. The molecule has 5 nitrogen and oxygen atoms in total. The van der Waals surface area contributed by atoms with Crippen LogP contribution in [0.1, 0.15) is 20.8 Å². The lowest BCUT2D eigenvalue weighted by molar-refractivity contribution is 0.131. The van der Waals surface area contributed by atoms with Crippen LogP contribution in [0.3, 0.4) is 0 Å². The molecule has 2 rings (SSSR count). The molecule has 1 N–H and O–H groups in total. The zero-order valence-corrected chi connectivity index (χ0v) is 9.86. The van der Waals surface area contributed by atoms with Gasteiger partial charge in [0.05, 0.1) is 0 Å². The molecule has 1 aromatic rings. The van der Waals surface area contributed by atoms with Gasteiger partial charge >= 0.3 is 5.56 Å². The quantitative estimate of drug-likeness (QED) is 0.786. The van der Waals surface area contributed by atoms with Gasteiger partial charge in [-0.1, -0.05) is 0 Å². The molecule has 0 spiro atoms. The van der Waals surface area contributed by atoms with Crippen molar-refractivity contribution in [1.82, 2.24) is 14.9 Å². The van der Waals surface area contributed by atoms with Crippen molar-refractivity contribution in [3.05, 3.63) is 22.7 Å². The number of nitrogens with one attached hydrogen (secondary N) is 1. The van der Waals surface area contributed by atoms with Crippen LogP contribution in [-0.2, 0) is 5.54 Å². The van der Waals surface area contributed by atoms with E-state index in [0.717, 1.165) is 13.1 Å². The average Bonchev–Trinajstić information content (AvgIpc) is 2.11. The third kappa shape index (κ3) is 2.09. The minimum absolute atomic E-state index is 0.0796. The Morgan fingerprint density at radius 1 is 1.50 bits per heavy atom. The van der Waals surface area contributed by atoms with E-state index in [2.05, 4.69) is 10.3 Å². The molecule has 5 heteroatoms. The van der Waals surface area contributed by atoms with Gasteiger partial charge in [-0.25, -0.2) is 4.98 Å². The van der Waals surface area contributed by atoms with Crippen molar-refractivity contribution in [3.8, 4) is 5.88 Å².